The Bertz CT molecular complexity index is 471. The van der Waals surface area contributed by atoms with E-state index in [1.807, 2.05) is 0 Å². The second-order valence-electron chi connectivity index (χ2n) is 7.12. The number of aryl methyl sites for hydroxylation is 2. The molecule has 0 unspecified atom stereocenters. The molecular formula is C17H30BrN3. The number of aromatic nitrogens is 2. The molecular weight excluding hydrogens is 326 g/mol. The van der Waals surface area contributed by atoms with Crippen molar-refractivity contribution in [3.8, 4) is 0 Å². The van der Waals surface area contributed by atoms with E-state index in [0.29, 0.717) is 0 Å². The van der Waals surface area contributed by atoms with Gasteiger partial charge >= 0.3 is 0 Å². The summed E-state index contributed by atoms with van der Waals surface area (Å²) in [5.74, 6) is 1.68. The third-order valence-corrected chi connectivity index (χ3v) is 6.49. The van der Waals surface area contributed by atoms with Crippen molar-refractivity contribution in [2.45, 2.75) is 66.3 Å². The topological polar surface area (TPSA) is 43.8 Å². The summed E-state index contributed by atoms with van der Waals surface area (Å²) in [4.78, 5) is 0. The van der Waals surface area contributed by atoms with Crippen LogP contribution in [0, 0.1) is 24.2 Å². The molecule has 1 aromatic heterocycles. The van der Waals surface area contributed by atoms with Gasteiger partial charge < -0.3 is 5.73 Å². The van der Waals surface area contributed by atoms with Gasteiger partial charge in [0.15, 0.2) is 0 Å². The lowest BCUT2D eigenvalue weighted by Crippen LogP contribution is -2.38. The number of hydrogen-bond acceptors (Lipinski definition) is 2. The molecule has 0 radical (unpaired) electrons. The first-order valence-corrected chi connectivity index (χ1v) is 9.13. The average molecular weight is 356 g/mol. The Morgan fingerprint density at radius 3 is 2.48 bits per heavy atom. The molecule has 0 aliphatic heterocycles. The normalized spacial score (nSPS) is 26.5. The van der Waals surface area contributed by atoms with E-state index in [9.17, 15) is 0 Å². The van der Waals surface area contributed by atoms with Gasteiger partial charge in [-0.25, -0.2) is 0 Å². The van der Waals surface area contributed by atoms with Gasteiger partial charge in [-0.15, -0.1) is 0 Å². The summed E-state index contributed by atoms with van der Waals surface area (Å²) >= 11 is 3.73. The highest BCUT2D eigenvalue weighted by atomic mass is 79.9. The van der Waals surface area contributed by atoms with Crippen LogP contribution in [-0.2, 0) is 13.0 Å². The molecule has 2 rings (SSSR count). The Kier molecular flexibility index (Phi) is 5.53. The van der Waals surface area contributed by atoms with Crippen LogP contribution in [-0.4, -0.2) is 16.3 Å². The van der Waals surface area contributed by atoms with Crippen molar-refractivity contribution < 1.29 is 0 Å². The lowest BCUT2D eigenvalue weighted by Gasteiger charge is -2.41. The van der Waals surface area contributed by atoms with Gasteiger partial charge in [0.05, 0.1) is 15.9 Å². The molecule has 0 amide bonds. The molecule has 1 fully saturated rings. The van der Waals surface area contributed by atoms with Crippen molar-refractivity contribution in [2.75, 3.05) is 6.54 Å². The zero-order valence-electron chi connectivity index (χ0n) is 14.0. The third-order valence-electron chi connectivity index (χ3n) is 5.46. The van der Waals surface area contributed by atoms with Crippen LogP contribution in [0.5, 0.6) is 0 Å². The maximum absolute atomic E-state index is 6.21. The SMILES string of the molecule is CCn1nc(C)c(Br)c1CC1(CN)CCC(C(C)C)CC1. The summed E-state index contributed by atoms with van der Waals surface area (Å²) in [5.41, 5.74) is 8.91. The first kappa shape index (κ1) is 17.0. The van der Waals surface area contributed by atoms with E-state index in [-0.39, 0.29) is 5.41 Å². The van der Waals surface area contributed by atoms with E-state index >= 15 is 0 Å². The number of halogens is 1. The Labute approximate surface area is 137 Å². The number of nitrogens with zero attached hydrogens (tertiary/aromatic N) is 2. The van der Waals surface area contributed by atoms with E-state index in [4.69, 9.17) is 5.73 Å². The van der Waals surface area contributed by atoms with Gasteiger partial charge in [-0.2, -0.15) is 5.10 Å². The van der Waals surface area contributed by atoms with Crippen LogP contribution in [0.15, 0.2) is 4.47 Å². The summed E-state index contributed by atoms with van der Waals surface area (Å²) < 4.78 is 3.33. The third kappa shape index (κ3) is 3.53. The molecule has 1 saturated carbocycles. The minimum absolute atomic E-state index is 0.271. The summed E-state index contributed by atoms with van der Waals surface area (Å²) in [5, 5.41) is 4.63. The molecule has 120 valence electrons. The van der Waals surface area contributed by atoms with Crippen molar-refractivity contribution in [3.63, 3.8) is 0 Å². The molecule has 0 aromatic carbocycles. The minimum Gasteiger partial charge on any atom is -0.330 e. The fraction of sp³-hybridized carbons (Fsp3) is 0.824. The van der Waals surface area contributed by atoms with Gasteiger partial charge in [-0.1, -0.05) is 13.8 Å². The van der Waals surface area contributed by atoms with Crippen molar-refractivity contribution in [1.82, 2.24) is 9.78 Å². The van der Waals surface area contributed by atoms with Gasteiger partial charge in [-0.05, 0) is 85.7 Å². The van der Waals surface area contributed by atoms with Crippen LogP contribution in [0.25, 0.3) is 0 Å². The molecule has 0 atom stereocenters. The minimum atomic E-state index is 0.271. The molecule has 2 N–H and O–H groups in total. The Morgan fingerprint density at radius 1 is 1.38 bits per heavy atom. The highest BCUT2D eigenvalue weighted by Gasteiger charge is 2.36. The molecule has 0 spiro atoms. The number of nitrogens with two attached hydrogens (primary N) is 1. The monoisotopic (exact) mass is 355 g/mol. The largest absolute Gasteiger partial charge is 0.330 e. The summed E-state index contributed by atoms with van der Waals surface area (Å²) in [7, 11) is 0. The summed E-state index contributed by atoms with van der Waals surface area (Å²) in [6.07, 6.45) is 6.22. The maximum atomic E-state index is 6.21. The van der Waals surface area contributed by atoms with E-state index in [1.165, 1.54) is 35.8 Å². The quantitative estimate of drug-likeness (QED) is 0.854. The molecule has 1 aliphatic rings. The Morgan fingerprint density at radius 2 is 2.00 bits per heavy atom. The molecule has 1 aliphatic carbocycles. The fourth-order valence-corrected chi connectivity index (χ4v) is 4.19. The lowest BCUT2D eigenvalue weighted by molar-refractivity contribution is 0.130. The van der Waals surface area contributed by atoms with Crippen LogP contribution in [0.3, 0.4) is 0 Å². The molecule has 0 bridgehead atoms. The van der Waals surface area contributed by atoms with Crippen LogP contribution >= 0.6 is 15.9 Å². The van der Waals surface area contributed by atoms with Gasteiger partial charge in [0, 0.05) is 6.54 Å². The standard InChI is InChI=1S/C17H30BrN3/c1-5-21-15(16(18)13(4)20-21)10-17(11-19)8-6-14(7-9-17)12(2)3/h12,14H,5-11,19H2,1-4H3. The average Bonchev–Trinajstić information content (AvgIpc) is 2.75. The zero-order valence-corrected chi connectivity index (χ0v) is 15.5. The fourth-order valence-electron chi connectivity index (χ4n) is 3.77. The highest BCUT2D eigenvalue weighted by molar-refractivity contribution is 9.10. The van der Waals surface area contributed by atoms with Crippen molar-refractivity contribution in [1.29, 1.82) is 0 Å². The summed E-state index contributed by atoms with van der Waals surface area (Å²) in [6, 6.07) is 0. The smallest absolute Gasteiger partial charge is 0.0738 e. The van der Waals surface area contributed by atoms with Gasteiger partial charge in [0.2, 0.25) is 0 Å². The molecule has 21 heavy (non-hydrogen) atoms. The second-order valence-corrected chi connectivity index (χ2v) is 7.92. The maximum Gasteiger partial charge on any atom is 0.0738 e. The Balaban J connectivity index is 2.17. The second kappa shape index (κ2) is 6.82. The summed E-state index contributed by atoms with van der Waals surface area (Å²) in [6.45, 7) is 10.7. The van der Waals surface area contributed by atoms with Crippen molar-refractivity contribution in [3.05, 3.63) is 15.9 Å². The van der Waals surface area contributed by atoms with Crippen LogP contribution in [0.2, 0.25) is 0 Å². The van der Waals surface area contributed by atoms with E-state index in [1.54, 1.807) is 0 Å². The van der Waals surface area contributed by atoms with Crippen LogP contribution < -0.4 is 5.73 Å². The molecule has 0 saturated heterocycles. The van der Waals surface area contributed by atoms with Gasteiger partial charge in [0.25, 0.3) is 0 Å². The molecule has 1 aromatic rings. The lowest BCUT2D eigenvalue weighted by atomic mass is 9.66. The molecule has 4 heteroatoms. The van der Waals surface area contributed by atoms with E-state index < -0.39 is 0 Å². The zero-order chi connectivity index (χ0) is 15.6. The van der Waals surface area contributed by atoms with Crippen molar-refractivity contribution in [2.24, 2.45) is 23.0 Å². The first-order chi connectivity index (χ1) is 9.92. The number of hydrogen-bond donors (Lipinski definition) is 1. The highest BCUT2D eigenvalue weighted by Crippen LogP contribution is 2.44. The van der Waals surface area contributed by atoms with Gasteiger partial charge in [-0.3, -0.25) is 4.68 Å². The van der Waals surface area contributed by atoms with Crippen LogP contribution in [0.4, 0.5) is 0 Å². The Hall–Kier alpha value is -0.350. The predicted molar refractivity (Wildman–Crippen MR) is 92.3 cm³/mol. The van der Waals surface area contributed by atoms with E-state index in [2.05, 4.69) is 53.4 Å². The van der Waals surface area contributed by atoms with E-state index in [0.717, 1.165) is 37.0 Å². The number of rotatable bonds is 5. The first-order valence-electron chi connectivity index (χ1n) is 8.34. The predicted octanol–water partition coefficient (Wildman–Crippen LogP) is 4.31. The van der Waals surface area contributed by atoms with Crippen LogP contribution in [0.1, 0.15) is 57.8 Å². The van der Waals surface area contributed by atoms with Crippen molar-refractivity contribution >= 4 is 15.9 Å². The van der Waals surface area contributed by atoms with Gasteiger partial charge in [0.1, 0.15) is 0 Å². The molecule has 1 heterocycles. The molecule has 3 nitrogen and oxygen atoms in total.